The molecule has 2 aromatic carbocycles. The predicted octanol–water partition coefficient (Wildman–Crippen LogP) is 2.90. The molecular weight excluding hydrogens is 454 g/mol. The van der Waals surface area contributed by atoms with Crippen LogP contribution in [0.25, 0.3) is 10.8 Å². The van der Waals surface area contributed by atoms with Gasteiger partial charge in [0, 0.05) is 48.9 Å². The highest BCUT2D eigenvalue weighted by Crippen LogP contribution is 2.28. The van der Waals surface area contributed by atoms with Crippen LogP contribution in [0.15, 0.2) is 48.5 Å². The molecule has 5 rings (SSSR count). The minimum Gasteiger partial charge on any atom is -0.462 e. The van der Waals surface area contributed by atoms with Gasteiger partial charge in [0.15, 0.2) is 6.23 Å². The van der Waals surface area contributed by atoms with E-state index in [-0.39, 0.29) is 12.1 Å². The summed E-state index contributed by atoms with van der Waals surface area (Å²) in [4.78, 5) is 13.7. The summed E-state index contributed by atoms with van der Waals surface area (Å²) < 4.78 is 6.08. The number of hydrogen-bond donors (Lipinski definition) is 3. The first-order valence-corrected chi connectivity index (χ1v) is 12.6. The molecule has 3 atom stereocenters. The second-order valence-electron chi connectivity index (χ2n) is 9.55. The first-order valence-electron chi connectivity index (χ1n) is 12.6. The van der Waals surface area contributed by atoms with E-state index in [0.717, 1.165) is 48.9 Å². The van der Waals surface area contributed by atoms with Crippen LogP contribution in [-0.2, 0) is 0 Å². The highest BCUT2D eigenvalue weighted by atomic mass is 16.5. The molecule has 0 amide bonds. The molecule has 2 aliphatic heterocycles. The largest absolute Gasteiger partial charge is 0.462 e. The summed E-state index contributed by atoms with van der Waals surface area (Å²) in [6.45, 7) is 3.73. The van der Waals surface area contributed by atoms with Gasteiger partial charge in [-0.15, -0.1) is 0 Å². The molecule has 3 heterocycles. The molecule has 0 bridgehead atoms. The van der Waals surface area contributed by atoms with Crippen molar-refractivity contribution >= 4 is 22.3 Å². The summed E-state index contributed by atoms with van der Waals surface area (Å²) in [7, 11) is 2.11. The highest BCUT2D eigenvalue weighted by Gasteiger charge is 2.25. The van der Waals surface area contributed by atoms with Crippen LogP contribution in [0, 0.1) is 11.3 Å². The second kappa shape index (κ2) is 11.1. The Labute approximate surface area is 211 Å². The van der Waals surface area contributed by atoms with Crippen LogP contribution in [0.4, 0.5) is 11.5 Å². The van der Waals surface area contributed by atoms with Crippen molar-refractivity contribution in [2.45, 2.75) is 37.6 Å². The van der Waals surface area contributed by atoms with Gasteiger partial charge in [-0.1, -0.05) is 36.4 Å². The molecule has 2 fully saturated rings. The molecule has 3 aromatic rings. The lowest BCUT2D eigenvalue weighted by molar-refractivity contribution is 0.180. The Balaban J connectivity index is 1.41. The molecule has 9 nitrogen and oxygen atoms in total. The first kappa shape index (κ1) is 24.3. The lowest BCUT2D eigenvalue weighted by atomic mass is 10.1. The summed E-state index contributed by atoms with van der Waals surface area (Å²) in [5.74, 6) is 0.693. The van der Waals surface area contributed by atoms with Crippen molar-refractivity contribution in [3.63, 3.8) is 0 Å². The third-order valence-corrected chi connectivity index (χ3v) is 7.07. The lowest BCUT2D eigenvalue weighted by Crippen LogP contribution is -2.50. The van der Waals surface area contributed by atoms with Crippen LogP contribution in [0.3, 0.4) is 0 Å². The molecule has 0 saturated carbocycles. The highest BCUT2D eigenvalue weighted by molar-refractivity contribution is 5.93. The molecular formula is C27H33N7O2. The van der Waals surface area contributed by atoms with Gasteiger partial charge in [-0.3, -0.25) is 0 Å². The fourth-order valence-corrected chi connectivity index (χ4v) is 5.01. The van der Waals surface area contributed by atoms with E-state index >= 15 is 0 Å². The molecule has 3 N–H and O–H groups in total. The molecule has 188 valence electrons. The fraction of sp³-hybridized carbons (Fsp3) is 0.444. The summed E-state index contributed by atoms with van der Waals surface area (Å²) in [6, 6.07) is 18.7. The normalized spacial score (nSPS) is 21.3. The van der Waals surface area contributed by atoms with Crippen molar-refractivity contribution in [1.29, 1.82) is 5.26 Å². The predicted molar refractivity (Wildman–Crippen MR) is 140 cm³/mol. The number of likely N-dealkylation sites (tertiary alicyclic amines) is 1. The molecule has 1 aromatic heterocycles. The average molecular weight is 488 g/mol. The number of hydrogen-bond acceptors (Lipinski definition) is 9. The lowest BCUT2D eigenvalue weighted by Gasteiger charge is -2.34. The zero-order chi connectivity index (χ0) is 24.9. The van der Waals surface area contributed by atoms with Gasteiger partial charge < -0.3 is 30.3 Å². The zero-order valence-electron chi connectivity index (χ0n) is 20.6. The summed E-state index contributed by atoms with van der Waals surface area (Å²) >= 11 is 0. The maximum Gasteiger partial charge on any atom is 0.318 e. The first-order chi connectivity index (χ1) is 17.6. The quantitative estimate of drug-likeness (QED) is 0.413. The minimum absolute atomic E-state index is 0.0670. The Morgan fingerprint density at radius 3 is 2.92 bits per heavy atom. The van der Waals surface area contributed by atoms with Crippen LogP contribution < -0.4 is 20.3 Å². The Hall–Kier alpha value is -3.45. The van der Waals surface area contributed by atoms with Gasteiger partial charge in [-0.05, 0) is 37.9 Å². The van der Waals surface area contributed by atoms with Crippen molar-refractivity contribution in [2.24, 2.45) is 0 Å². The smallest absolute Gasteiger partial charge is 0.318 e. The molecule has 2 saturated heterocycles. The Bertz CT molecular complexity index is 1220. The monoisotopic (exact) mass is 487 g/mol. The van der Waals surface area contributed by atoms with E-state index in [9.17, 15) is 5.11 Å². The van der Waals surface area contributed by atoms with Gasteiger partial charge in [0.05, 0.1) is 18.2 Å². The average Bonchev–Trinajstić information content (AvgIpc) is 3.32. The third kappa shape index (κ3) is 5.51. The number of aliphatic hydroxyl groups excluding tert-OH is 1. The van der Waals surface area contributed by atoms with Crippen LogP contribution in [0.2, 0.25) is 0 Å². The number of anilines is 2. The van der Waals surface area contributed by atoms with Gasteiger partial charge in [0.1, 0.15) is 12.4 Å². The molecule has 2 aliphatic rings. The third-order valence-electron chi connectivity index (χ3n) is 7.07. The van der Waals surface area contributed by atoms with Gasteiger partial charge in [0.25, 0.3) is 0 Å². The van der Waals surface area contributed by atoms with E-state index in [1.165, 1.54) is 0 Å². The number of nitrogens with one attached hydrogen (secondary N) is 2. The van der Waals surface area contributed by atoms with E-state index in [2.05, 4.69) is 38.5 Å². The van der Waals surface area contributed by atoms with E-state index in [0.29, 0.717) is 37.1 Å². The fourth-order valence-electron chi connectivity index (χ4n) is 5.01. The zero-order valence-corrected chi connectivity index (χ0v) is 20.6. The van der Waals surface area contributed by atoms with Crippen molar-refractivity contribution < 1.29 is 9.84 Å². The number of nitrogens with zero attached hydrogens (tertiary/aromatic N) is 5. The maximum atomic E-state index is 11.2. The Morgan fingerprint density at radius 1 is 1.22 bits per heavy atom. The number of fused-ring (bicyclic) bond motifs is 1. The Kier molecular flexibility index (Phi) is 7.47. The number of benzene rings is 2. The van der Waals surface area contributed by atoms with Crippen molar-refractivity contribution in [3.05, 3.63) is 54.2 Å². The summed E-state index contributed by atoms with van der Waals surface area (Å²) in [6.07, 6.45) is 1.62. The van der Waals surface area contributed by atoms with Crippen LogP contribution >= 0.6 is 0 Å². The number of piperazine rings is 1. The van der Waals surface area contributed by atoms with Crippen molar-refractivity contribution in [2.75, 3.05) is 50.1 Å². The topological polar surface area (TPSA) is 110 Å². The minimum atomic E-state index is -1.05. The summed E-state index contributed by atoms with van der Waals surface area (Å²) in [5, 5.41) is 29.1. The number of ether oxygens (including phenoxy) is 1. The number of rotatable bonds is 8. The van der Waals surface area contributed by atoms with Gasteiger partial charge in [-0.2, -0.15) is 15.2 Å². The van der Waals surface area contributed by atoms with Gasteiger partial charge >= 0.3 is 6.01 Å². The number of aromatic nitrogens is 2. The Morgan fingerprint density at radius 2 is 2.08 bits per heavy atom. The molecule has 0 aliphatic carbocycles. The van der Waals surface area contributed by atoms with Gasteiger partial charge in [0.2, 0.25) is 0 Å². The number of likely N-dealkylation sites (N-methyl/N-ethyl adjacent to an activating group) is 1. The van der Waals surface area contributed by atoms with E-state index in [1.54, 1.807) is 0 Å². The number of aliphatic hydroxyl groups is 1. The maximum absolute atomic E-state index is 11.2. The van der Waals surface area contributed by atoms with Crippen LogP contribution in [0.5, 0.6) is 6.01 Å². The van der Waals surface area contributed by atoms with Crippen molar-refractivity contribution in [1.82, 2.24) is 20.2 Å². The second-order valence-corrected chi connectivity index (χ2v) is 9.55. The standard InChI is InChI=1S/C27H33N7O2/c1-33-14-5-8-21(33)18-36-27-31-24(16-25(32-27)34-15-13-29-20(17-34)11-12-28)26(35)30-23-10-4-7-19-6-2-3-9-22(19)23/h2-4,6-7,9-10,16,20-21,26,29-30,35H,5,8,11,13-15,17-18H2,1H3/t20-,21-,26?/m0/s1. The van der Waals surface area contributed by atoms with E-state index in [4.69, 9.17) is 15.0 Å². The summed E-state index contributed by atoms with van der Waals surface area (Å²) in [5.41, 5.74) is 1.27. The molecule has 1 unspecified atom stereocenters. The molecule has 0 spiro atoms. The number of nitriles is 1. The van der Waals surface area contributed by atoms with Crippen molar-refractivity contribution in [3.8, 4) is 12.1 Å². The van der Waals surface area contributed by atoms with Gasteiger partial charge in [-0.25, -0.2) is 0 Å². The van der Waals surface area contributed by atoms with Crippen LogP contribution in [-0.4, -0.2) is 71.9 Å². The van der Waals surface area contributed by atoms with Crippen LogP contribution in [0.1, 0.15) is 31.2 Å². The van der Waals surface area contributed by atoms with E-state index < -0.39 is 6.23 Å². The molecule has 36 heavy (non-hydrogen) atoms. The SMILES string of the molecule is CN1CCC[C@H]1COc1nc(C(O)Nc2cccc3ccccc23)cc(N2CCN[C@@H](CC#N)C2)n1. The molecule has 0 radical (unpaired) electrons. The van der Waals surface area contributed by atoms with E-state index in [1.807, 2.05) is 48.5 Å². The molecule has 9 heteroatoms.